The van der Waals surface area contributed by atoms with Crippen LogP contribution in [0.3, 0.4) is 0 Å². The number of hydrogen-bond donors (Lipinski definition) is 2. The topological polar surface area (TPSA) is 107 Å². The molecule has 170 valence electrons. The summed E-state index contributed by atoms with van der Waals surface area (Å²) in [6.07, 6.45) is 0.459. The van der Waals surface area contributed by atoms with Gasteiger partial charge in [-0.05, 0) is 30.7 Å². The number of primary amides is 1. The van der Waals surface area contributed by atoms with Crippen LogP contribution in [0.15, 0.2) is 54.6 Å². The lowest BCUT2D eigenvalue weighted by Gasteiger charge is -2.52. The molecular weight excluding hydrogens is 420 g/mol. The van der Waals surface area contributed by atoms with Gasteiger partial charge in [0.25, 0.3) is 5.91 Å². The molecular formula is C25H26N4O4. The minimum absolute atomic E-state index is 0.198. The van der Waals surface area contributed by atoms with Gasteiger partial charge in [0.2, 0.25) is 11.8 Å². The molecule has 0 spiro atoms. The highest BCUT2D eigenvalue weighted by molar-refractivity contribution is 6.02. The molecule has 3 heterocycles. The number of fused-ring (bicyclic) bond motifs is 5. The summed E-state index contributed by atoms with van der Waals surface area (Å²) < 4.78 is 8.08. The number of hydrogen-bond acceptors (Lipinski definition) is 4. The number of carbonyl (C=O) groups is 3. The lowest BCUT2D eigenvalue weighted by molar-refractivity contribution is -0.175. The number of nitrogens with zero attached hydrogens (tertiary/aromatic N) is 2. The summed E-state index contributed by atoms with van der Waals surface area (Å²) in [7, 11) is 1.84. The average molecular weight is 447 g/mol. The molecule has 33 heavy (non-hydrogen) atoms. The lowest BCUT2D eigenvalue weighted by Crippen LogP contribution is -2.65. The summed E-state index contributed by atoms with van der Waals surface area (Å²) in [4.78, 5) is 40.0. The Hall–Kier alpha value is -3.81. The van der Waals surface area contributed by atoms with Crippen LogP contribution in [-0.4, -0.2) is 46.0 Å². The molecule has 1 aromatic heterocycles. The van der Waals surface area contributed by atoms with Crippen LogP contribution in [0.5, 0.6) is 5.75 Å². The first-order chi connectivity index (χ1) is 15.8. The number of amides is 3. The third-order valence-corrected chi connectivity index (χ3v) is 6.86. The van der Waals surface area contributed by atoms with Crippen molar-refractivity contribution in [3.05, 3.63) is 65.9 Å². The number of rotatable bonds is 5. The van der Waals surface area contributed by atoms with E-state index in [9.17, 15) is 14.4 Å². The Morgan fingerprint density at radius 1 is 1.18 bits per heavy atom. The Balaban J connectivity index is 1.36. The van der Waals surface area contributed by atoms with Crippen LogP contribution in [0.25, 0.3) is 10.9 Å². The third kappa shape index (κ3) is 3.33. The van der Waals surface area contributed by atoms with E-state index in [4.69, 9.17) is 10.5 Å². The van der Waals surface area contributed by atoms with Crippen molar-refractivity contribution in [2.75, 3.05) is 13.1 Å². The number of carbonyl (C=O) groups excluding carboxylic acids is 3. The first-order valence-corrected chi connectivity index (χ1v) is 11.0. The van der Waals surface area contributed by atoms with Crippen LogP contribution in [0, 0.1) is 5.92 Å². The minimum Gasteiger partial charge on any atom is -0.468 e. The first-order valence-electron chi connectivity index (χ1n) is 11.0. The van der Waals surface area contributed by atoms with Gasteiger partial charge in [-0.3, -0.25) is 14.4 Å². The normalized spacial score (nSPS) is 23.7. The van der Waals surface area contributed by atoms with E-state index in [0.29, 0.717) is 17.9 Å². The molecule has 1 saturated heterocycles. The fraction of sp³-hybridized carbons (Fsp3) is 0.320. The molecule has 8 nitrogen and oxygen atoms in total. The molecule has 8 heteroatoms. The Morgan fingerprint density at radius 3 is 2.67 bits per heavy atom. The molecule has 3 amide bonds. The predicted octanol–water partition coefficient (Wildman–Crippen LogP) is 2.13. The van der Waals surface area contributed by atoms with Crippen LogP contribution in [-0.2, 0) is 16.6 Å². The van der Waals surface area contributed by atoms with E-state index in [1.165, 1.54) is 4.90 Å². The number of likely N-dealkylation sites (tertiary alicyclic amines) is 1. The maximum absolute atomic E-state index is 13.3. The summed E-state index contributed by atoms with van der Waals surface area (Å²) >= 11 is 0. The standard InChI is InChI=1S/C25H26N4O4/c1-25-14-17(16-8-4-6-10-20(16)33-25)21(22(26)30)24(32)29(25)12-11-27-23(31)19-13-15-7-3-5-9-18(15)28(19)2/h3-10,13,17,21H,11-12,14H2,1-2H3,(H2,26,30)(H,27,31)/t17-,21-,25+/m0/s1. The molecule has 3 aromatic rings. The number of benzene rings is 2. The summed E-state index contributed by atoms with van der Waals surface area (Å²) in [6.45, 7) is 2.25. The van der Waals surface area contributed by atoms with Gasteiger partial charge in [-0.15, -0.1) is 0 Å². The fourth-order valence-electron chi connectivity index (χ4n) is 5.26. The summed E-state index contributed by atoms with van der Waals surface area (Å²) in [5, 5.41) is 3.88. The maximum Gasteiger partial charge on any atom is 0.267 e. The zero-order valence-corrected chi connectivity index (χ0v) is 18.6. The van der Waals surface area contributed by atoms with Crippen molar-refractivity contribution in [3.63, 3.8) is 0 Å². The fourth-order valence-corrected chi connectivity index (χ4v) is 5.26. The zero-order chi connectivity index (χ0) is 23.3. The van der Waals surface area contributed by atoms with Gasteiger partial charge < -0.3 is 25.3 Å². The average Bonchev–Trinajstić information content (AvgIpc) is 3.12. The Bertz CT molecular complexity index is 1280. The number of nitrogens with one attached hydrogen (secondary N) is 1. The van der Waals surface area contributed by atoms with E-state index in [1.54, 1.807) is 0 Å². The van der Waals surface area contributed by atoms with Crippen molar-refractivity contribution in [1.82, 2.24) is 14.8 Å². The quantitative estimate of drug-likeness (QED) is 0.586. The van der Waals surface area contributed by atoms with Crippen LogP contribution in [0.1, 0.15) is 35.3 Å². The van der Waals surface area contributed by atoms with Crippen LogP contribution >= 0.6 is 0 Å². The highest BCUT2D eigenvalue weighted by Crippen LogP contribution is 2.49. The van der Waals surface area contributed by atoms with Gasteiger partial charge in [0.05, 0.1) is 0 Å². The number of piperidine rings is 1. The molecule has 0 saturated carbocycles. The molecule has 1 fully saturated rings. The SMILES string of the molecule is Cn1c(C(=O)NCCN2C(=O)[C@H](C(N)=O)[C@H]3C[C@@]2(C)Oc2ccccc23)cc2ccccc21. The molecule has 0 radical (unpaired) electrons. The van der Waals surface area contributed by atoms with Crippen LogP contribution in [0.4, 0.5) is 0 Å². The maximum atomic E-state index is 13.3. The highest BCUT2D eigenvalue weighted by Gasteiger charge is 2.55. The van der Waals surface area contributed by atoms with E-state index in [0.717, 1.165) is 16.5 Å². The van der Waals surface area contributed by atoms with Crippen molar-refractivity contribution in [2.24, 2.45) is 18.7 Å². The molecule has 3 atom stereocenters. The number of aryl methyl sites for hydroxylation is 1. The molecule has 3 N–H and O–H groups in total. The predicted molar refractivity (Wildman–Crippen MR) is 122 cm³/mol. The molecule has 2 aliphatic rings. The lowest BCUT2D eigenvalue weighted by atomic mass is 9.73. The smallest absolute Gasteiger partial charge is 0.267 e. The second kappa shape index (κ2) is 7.65. The first kappa shape index (κ1) is 21.1. The Morgan fingerprint density at radius 2 is 1.91 bits per heavy atom. The van der Waals surface area contributed by atoms with E-state index in [-0.39, 0.29) is 30.8 Å². The van der Waals surface area contributed by atoms with E-state index in [2.05, 4.69) is 5.32 Å². The molecule has 2 aromatic carbocycles. The molecule has 0 aliphatic carbocycles. The summed E-state index contributed by atoms with van der Waals surface area (Å²) in [5.41, 5.74) is 7.06. The number of para-hydroxylation sites is 2. The van der Waals surface area contributed by atoms with E-state index in [1.807, 2.05) is 73.1 Å². The Kier molecular flexibility index (Phi) is 4.88. The van der Waals surface area contributed by atoms with Crippen molar-refractivity contribution in [3.8, 4) is 5.75 Å². The number of nitrogens with two attached hydrogens (primary N) is 1. The minimum atomic E-state index is -0.961. The molecule has 5 rings (SSSR count). The van der Waals surface area contributed by atoms with Gasteiger partial charge in [-0.2, -0.15) is 0 Å². The van der Waals surface area contributed by atoms with Gasteiger partial charge in [-0.1, -0.05) is 36.4 Å². The van der Waals surface area contributed by atoms with Crippen molar-refractivity contribution in [2.45, 2.75) is 25.0 Å². The van der Waals surface area contributed by atoms with Gasteiger partial charge in [0, 0.05) is 43.4 Å². The third-order valence-electron chi connectivity index (χ3n) is 6.86. The molecule has 2 aliphatic heterocycles. The molecule has 2 bridgehead atoms. The van der Waals surface area contributed by atoms with Gasteiger partial charge in [0.1, 0.15) is 17.4 Å². The van der Waals surface area contributed by atoms with E-state index >= 15 is 0 Å². The number of ether oxygens (including phenoxy) is 1. The molecule has 0 unspecified atom stereocenters. The van der Waals surface area contributed by atoms with Gasteiger partial charge in [0.15, 0.2) is 5.72 Å². The highest BCUT2D eigenvalue weighted by atomic mass is 16.5. The summed E-state index contributed by atoms with van der Waals surface area (Å²) in [5.74, 6) is -1.88. The zero-order valence-electron chi connectivity index (χ0n) is 18.6. The van der Waals surface area contributed by atoms with E-state index < -0.39 is 17.6 Å². The van der Waals surface area contributed by atoms with Crippen LogP contribution in [0.2, 0.25) is 0 Å². The Labute approximate surface area is 191 Å². The van der Waals surface area contributed by atoms with Crippen LogP contribution < -0.4 is 15.8 Å². The van der Waals surface area contributed by atoms with Crippen molar-refractivity contribution in [1.29, 1.82) is 0 Å². The second-order valence-corrected chi connectivity index (χ2v) is 8.90. The number of aromatic nitrogens is 1. The largest absolute Gasteiger partial charge is 0.468 e. The van der Waals surface area contributed by atoms with Crippen molar-refractivity contribution >= 4 is 28.6 Å². The second-order valence-electron chi connectivity index (χ2n) is 8.90. The van der Waals surface area contributed by atoms with Crippen molar-refractivity contribution < 1.29 is 19.1 Å². The van der Waals surface area contributed by atoms with Gasteiger partial charge >= 0.3 is 0 Å². The van der Waals surface area contributed by atoms with Gasteiger partial charge in [-0.25, -0.2) is 0 Å². The monoisotopic (exact) mass is 446 g/mol. The summed E-state index contributed by atoms with van der Waals surface area (Å²) in [6, 6.07) is 17.1.